The molecular weight excluding hydrogens is 376 g/mol. The van der Waals surface area contributed by atoms with Crippen molar-refractivity contribution < 1.29 is 13.2 Å². The van der Waals surface area contributed by atoms with E-state index >= 15 is 0 Å². The van der Waals surface area contributed by atoms with E-state index in [9.17, 15) is 13.2 Å². The summed E-state index contributed by atoms with van der Waals surface area (Å²) in [6, 6.07) is 7.65. The van der Waals surface area contributed by atoms with Gasteiger partial charge in [-0.25, -0.2) is 13.4 Å². The number of benzene rings is 1. The second-order valence-electron chi connectivity index (χ2n) is 6.55. The fourth-order valence-electron chi connectivity index (χ4n) is 3.43. The lowest BCUT2D eigenvalue weighted by Crippen LogP contribution is -2.55. The van der Waals surface area contributed by atoms with Crippen LogP contribution in [0.15, 0.2) is 24.3 Å². The second-order valence-corrected chi connectivity index (χ2v) is 8.87. The average molecular weight is 401 g/mol. The lowest BCUT2D eigenvalue weighted by Gasteiger charge is -2.34. The predicted octanol–water partition coefficient (Wildman–Crippen LogP) is 1.97. The number of rotatable bonds is 5. The van der Waals surface area contributed by atoms with E-state index in [0.717, 1.165) is 23.7 Å². The molecule has 2 N–H and O–H groups in total. The summed E-state index contributed by atoms with van der Waals surface area (Å²) < 4.78 is 25.4. The number of amides is 1. The van der Waals surface area contributed by atoms with Gasteiger partial charge < -0.3 is 9.88 Å². The number of hydrogen-bond acceptors (Lipinski definition) is 5. The number of halogens is 1. The number of hydrogen-bond donors (Lipinski definition) is 2. The summed E-state index contributed by atoms with van der Waals surface area (Å²) in [5.41, 5.74) is 1.71. The van der Waals surface area contributed by atoms with Crippen LogP contribution in [0.2, 0.25) is 0 Å². The summed E-state index contributed by atoms with van der Waals surface area (Å²) in [5, 5.41) is 5.93. The summed E-state index contributed by atoms with van der Waals surface area (Å²) >= 11 is 0. The molecule has 2 heterocycles. The molecule has 144 valence electrons. The maximum Gasteiger partial charge on any atom is 0.248 e. The highest BCUT2D eigenvalue weighted by Gasteiger charge is 2.49. The molecule has 1 aromatic carbocycles. The molecule has 26 heavy (non-hydrogen) atoms. The van der Waals surface area contributed by atoms with Gasteiger partial charge in [-0.2, -0.15) is 0 Å². The summed E-state index contributed by atoms with van der Waals surface area (Å²) in [6.07, 6.45) is 2.56. The lowest BCUT2D eigenvalue weighted by atomic mass is 9.96. The van der Waals surface area contributed by atoms with E-state index < -0.39 is 20.5 Å². The number of imidazole rings is 1. The Labute approximate surface area is 159 Å². The molecule has 0 saturated carbocycles. The van der Waals surface area contributed by atoms with E-state index in [1.54, 1.807) is 0 Å². The van der Waals surface area contributed by atoms with Crippen molar-refractivity contribution in [2.24, 2.45) is 0 Å². The maximum atomic E-state index is 13.0. The highest BCUT2D eigenvalue weighted by molar-refractivity contribution is 7.92. The summed E-state index contributed by atoms with van der Waals surface area (Å²) in [7, 11) is -3.55. The molecule has 1 aliphatic rings. The number of carbonyl (C=O) groups is 1. The van der Waals surface area contributed by atoms with Crippen molar-refractivity contribution in [1.82, 2.24) is 14.9 Å². The van der Waals surface area contributed by atoms with Crippen molar-refractivity contribution in [1.29, 1.82) is 0 Å². The molecule has 2 aromatic rings. The van der Waals surface area contributed by atoms with Crippen LogP contribution in [0.3, 0.4) is 0 Å². The third kappa shape index (κ3) is 3.58. The molecule has 0 bridgehead atoms. The number of nitrogens with one attached hydrogen (secondary N) is 2. The van der Waals surface area contributed by atoms with Gasteiger partial charge in [0.1, 0.15) is 0 Å². The number of piperidine rings is 1. The summed E-state index contributed by atoms with van der Waals surface area (Å²) in [6.45, 7) is 3.76. The molecule has 0 aliphatic carbocycles. The summed E-state index contributed by atoms with van der Waals surface area (Å²) in [4.78, 5) is 17.5. The Morgan fingerprint density at radius 1 is 1.31 bits per heavy atom. The number of nitrogens with zero attached hydrogens (tertiary/aromatic N) is 2. The normalized spacial score (nSPS) is 16.8. The van der Waals surface area contributed by atoms with Gasteiger partial charge in [0.05, 0.1) is 11.0 Å². The van der Waals surface area contributed by atoms with Crippen LogP contribution in [0.5, 0.6) is 0 Å². The summed E-state index contributed by atoms with van der Waals surface area (Å²) in [5.74, 6) is -0.0706. The topological polar surface area (TPSA) is 93.1 Å². The van der Waals surface area contributed by atoms with Gasteiger partial charge >= 0.3 is 0 Å². The third-order valence-electron chi connectivity index (χ3n) is 4.86. The lowest BCUT2D eigenvalue weighted by molar-refractivity contribution is -0.119. The van der Waals surface area contributed by atoms with Crippen LogP contribution in [0.1, 0.15) is 26.2 Å². The maximum absolute atomic E-state index is 13.0. The molecule has 1 aromatic heterocycles. The number of para-hydroxylation sites is 2. The number of sulfone groups is 1. The zero-order valence-electron chi connectivity index (χ0n) is 15.0. The van der Waals surface area contributed by atoms with Crippen LogP contribution in [-0.4, -0.2) is 48.0 Å². The molecule has 1 amide bonds. The number of fused-ring (bicyclic) bond motifs is 1. The minimum Gasteiger partial charge on any atom is -0.317 e. The number of anilines is 1. The Hall–Kier alpha value is -1.64. The molecule has 1 aliphatic heterocycles. The fourth-order valence-corrected chi connectivity index (χ4v) is 4.77. The van der Waals surface area contributed by atoms with Crippen molar-refractivity contribution in [3.8, 4) is 0 Å². The Bertz CT molecular complexity index is 889. The highest BCUT2D eigenvalue weighted by Crippen LogP contribution is 2.30. The minimum absolute atomic E-state index is 0. The number of aromatic nitrogens is 2. The van der Waals surface area contributed by atoms with Gasteiger partial charge in [-0.1, -0.05) is 19.1 Å². The number of carbonyl (C=O) groups excluding carboxylic acids is 1. The van der Waals surface area contributed by atoms with Crippen molar-refractivity contribution in [2.45, 2.75) is 37.5 Å². The van der Waals surface area contributed by atoms with E-state index in [4.69, 9.17) is 0 Å². The molecule has 0 atom stereocenters. The van der Waals surface area contributed by atoms with Gasteiger partial charge in [0.25, 0.3) is 0 Å². The van der Waals surface area contributed by atoms with Crippen molar-refractivity contribution in [2.75, 3.05) is 24.7 Å². The monoisotopic (exact) mass is 400 g/mol. The van der Waals surface area contributed by atoms with E-state index in [0.29, 0.717) is 25.6 Å². The zero-order valence-corrected chi connectivity index (χ0v) is 16.6. The molecule has 9 heteroatoms. The molecule has 0 unspecified atom stereocenters. The van der Waals surface area contributed by atoms with Crippen molar-refractivity contribution in [3.63, 3.8) is 0 Å². The molecular formula is C17H25ClN4O3S. The Morgan fingerprint density at radius 2 is 1.96 bits per heavy atom. The standard InChI is InChI=1S/C17H24N4O3S.ClH/c1-3-12-21-14-7-5-4-6-13(14)19-16(21)20-15(22)17(25(2,23)24)8-10-18-11-9-17;/h4-7,18H,3,8-12H2,1-2H3,(H,19,20,22);1H. The van der Waals surface area contributed by atoms with E-state index in [1.165, 1.54) is 0 Å². The largest absolute Gasteiger partial charge is 0.317 e. The minimum atomic E-state index is -3.55. The van der Waals surface area contributed by atoms with Gasteiger partial charge in [0.2, 0.25) is 11.9 Å². The Kier molecular flexibility index (Phi) is 6.31. The second kappa shape index (κ2) is 7.94. The fraction of sp³-hybridized carbons (Fsp3) is 0.529. The Morgan fingerprint density at radius 3 is 2.58 bits per heavy atom. The third-order valence-corrected chi connectivity index (χ3v) is 6.88. The number of aryl methyl sites for hydroxylation is 1. The first-order valence-corrected chi connectivity index (χ1v) is 10.5. The van der Waals surface area contributed by atoms with Crippen LogP contribution in [0.25, 0.3) is 11.0 Å². The van der Waals surface area contributed by atoms with Crippen LogP contribution in [0.4, 0.5) is 5.95 Å². The molecule has 7 nitrogen and oxygen atoms in total. The van der Waals surface area contributed by atoms with Gasteiger partial charge in [-0.15, -0.1) is 12.4 Å². The van der Waals surface area contributed by atoms with Crippen molar-refractivity contribution in [3.05, 3.63) is 24.3 Å². The SMILES string of the molecule is CCCn1c(NC(=O)C2(S(C)(=O)=O)CCNCC2)nc2ccccc21.Cl. The first-order valence-electron chi connectivity index (χ1n) is 8.56. The van der Waals surface area contributed by atoms with Gasteiger partial charge in [-0.05, 0) is 44.5 Å². The quantitative estimate of drug-likeness (QED) is 0.800. The molecule has 1 fully saturated rings. The molecule has 0 spiro atoms. The van der Waals surface area contributed by atoms with E-state index in [2.05, 4.69) is 15.6 Å². The first kappa shape index (κ1) is 20.7. The average Bonchev–Trinajstić information content (AvgIpc) is 2.92. The van der Waals surface area contributed by atoms with Gasteiger partial charge in [0.15, 0.2) is 14.6 Å². The Balaban J connectivity index is 0.00000243. The van der Waals surface area contributed by atoms with Crippen LogP contribution >= 0.6 is 12.4 Å². The van der Waals surface area contributed by atoms with Gasteiger partial charge in [-0.3, -0.25) is 10.1 Å². The first-order chi connectivity index (χ1) is 11.9. The molecule has 1 saturated heterocycles. The zero-order chi connectivity index (χ0) is 18.1. The predicted molar refractivity (Wildman–Crippen MR) is 106 cm³/mol. The van der Waals surface area contributed by atoms with Crippen LogP contribution < -0.4 is 10.6 Å². The van der Waals surface area contributed by atoms with E-state index in [1.807, 2.05) is 35.8 Å². The molecule has 0 radical (unpaired) electrons. The van der Waals surface area contributed by atoms with Crippen molar-refractivity contribution >= 4 is 45.1 Å². The smallest absolute Gasteiger partial charge is 0.248 e. The highest BCUT2D eigenvalue weighted by atomic mass is 35.5. The van der Waals surface area contributed by atoms with E-state index in [-0.39, 0.29) is 25.2 Å². The van der Waals surface area contributed by atoms with Crippen LogP contribution in [0, 0.1) is 0 Å². The van der Waals surface area contributed by atoms with Crippen LogP contribution in [-0.2, 0) is 21.2 Å². The molecule has 3 rings (SSSR count). The van der Waals surface area contributed by atoms with Gasteiger partial charge in [0, 0.05) is 12.8 Å².